The smallest absolute Gasteiger partial charge is 0.407 e. The van der Waals surface area contributed by atoms with Crippen LogP contribution in [-0.2, 0) is 19.1 Å². The second-order valence-corrected chi connectivity index (χ2v) is 19.9. The van der Waals surface area contributed by atoms with Crippen LogP contribution in [-0.4, -0.2) is 104 Å². The highest BCUT2D eigenvalue weighted by Crippen LogP contribution is 2.50. The van der Waals surface area contributed by atoms with E-state index in [0.29, 0.717) is 25.0 Å². The van der Waals surface area contributed by atoms with Gasteiger partial charge < -0.3 is 39.9 Å². The summed E-state index contributed by atoms with van der Waals surface area (Å²) >= 11 is 0. The molecule has 3 aliphatic heterocycles. The summed E-state index contributed by atoms with van der Waals surface area (Å²) in [4.78, 5) is 76.2. The van der Waals surface area contributed by atoms with Gasteiger partial charge in [-0.2, -0.15) is 0 Å². The van der Waals surface area contributed by atoms with E-state index in [0.717, 1.165) is 97.9 Å². The number of carbonyl (C=O) groups is 4. The van der Waals surface area contributed by atoms with Gasteiger partial charge in [0.1, 0.15) is 23.7 Å². The number of benzene rings is 3. The quantitative estimate of drug-likeness (QED) is 0.0951. The van der Waals surface area contributed by atoms with Gasteiger partial charge in [-0.25, -0.2) is 19.6 Å². The van der Waals surface area contributed by atoms with Crippen molar-refractivity contribution in [2.24, 2.45) is 11.8 Å². The number of carbonyl (C=O) groups excluding carboxylic acids is 4. The summed E-state index contributed by atoms with van der Waals surface area (Å²) in [5.74, 6) is 1.63. The Hall–Kier alpha value is -5.96. The lowest BCUT2D eigenvalue weighted by Gasteiger charge is -2.41. The summed E-state index contributed by atoms with van der Waals surface area (Å²) in [6.45, 7) is 8.91. The first-order chi connectivity index (χ1) is 32.4. The molecule has 1 aliphatic carbocycles. The Balaban J connectivity index is 0.989. The second-order valence-electron chi connectivity index (χ2n) is 19.9. The first-order valence-electron chi connectivity index (χ1n) is 24.5. The number of nitrogens with one attached hydrogen (secondary N) is 4. The number of H-pyrrole nitrogens is 2. The van der Waals surface area contributed by atoms with Crippen molar-refractivity contribution >= 4 is 46.1 Å². The molecule has 4 amide bonds. The molecular weight excluding hydrogens is 847 g/mol. The Kier molecular flexibility index (Phi) is 13.6. The topological polar surface area (TPSA) is 178 Å². The Morgan fingerprint density at radius 1 is 0.582 bits per heavy atom. The van der Waals surface area contributed by atoms with E-state index in [9.17, 15) is 19.2 Å². The van der Waals surface area contributed by atoms with Crippen molar-refractivity contribution in [3.63, 3.8) is 0 Å². The van der Waals surface area contributed by atoms with Gasteiger partial charge in [0.2, 0.25) is 11.8 Å². The molecule has 67 heavy (non-hydrogen) atoms. The number of methoxy groups -OCH3 is 2. The van der Waals surface area contributed by atoms with Crippen LogP contribution in [0.25, 0.3) is 22.1 Å². The molecule has 1 saturated carbocycles. The molecule has 0 radical (unpaired) electrons. The van der Waals surface area contributed by atoms with Crippen LogP contribution in [0, 0.1) is 11.8 Å². The molecule has 3 aromatic carbocycles. The summed E-state index contributed by atoms with van der Waals surface area (Å²) in [7, 11) is 2.62. The van der Waals surface area contributed by atoms with Crippen molar-refractivity contribution < 1.29 is 28.7 Å². The molecule has 2 aromatic heterocycles. The maximum Gasteiger partial charge on any atom is 0.407 e. The van der Waals surface area contributed by atoms with Crippen molar-refractivity contribution in [3.8, 4) is 0 Å². The Bertz CT molecular complexity index is 2420. The van der Waals surface area contributed by atoms with Gasteiger partial charge >= 0.3 is 12.2 Å². The summed E-state index contributed by atoms with van der Waals surface area (Å²) in [5, 5.41) is 5.51. The molecule has 356 valence electrons. The number of nitrogens with zero attached hydrogens (tertiary/aromatic N) is 5. The zero-order chi connectivity index (χ0) is 46.9. The maximum absolute atomic E-state index is 13.9. The third-order valence-corrected chi connectivity index (χ3v) is 15.1. The Labute approximate surface area is 393 Å². The number of aromatic amines is 2. The highest BCUT2D eigenvalue weighted by atomic mass is 16.5. The minimum atomic E-state index is -0.696. The van der Waals surface area contributed by atoms with Gasteiger partial charge in [-0.3, -0.25) is 14.5 Å². The van der Waals surface area contributed by atoms with Crippen molar-refractivity contribution in [2.45, 2.75) is 140 Å². The van der Waals surface area contributed by atoms with Crippen LogP contribution >= 0.6 is 0 Å². The molecule has 5 heterocycles. The number of amides is 4. The van der Waals surface area contributed by atoms with E-state index < -0.39 is 24.3 Å². The average molecular weight is 914 g/mol. The highest BCUT2D eigenvalue weighted by molar-refractivity contribution is 5.87. The molecular formula is C52H67N9O6. The van der Waals surface area contributed by atoms with Crippen molar-refractivity contribution in [1.82, 2.24) is 45.3 Å². The number of imidazole rings is 2. The molecule has 5 aromatic rings. The van der Waals surface area contributed by atoms with Crippen LogP contribution in [0.2, 0.25) is 0 Å². The average Bonchev–Trinajstić information content (AvgIpc) is 4.20. The first-order valence-corrected chi connectivity index (χ1v) is 24.5. The van der Waals surface area contributed by atoms with Gasteiger partial charge in [-0.1, -0.05) is 70.2 Å². The molecule has 15 nitrogen and oxygen atoms in total. The fraction of sp³-hybridized carbons (Fsp3) is 0.538. The number of fused-ring (bicyclic) bond motifs is 2. The van der Waals surface area contributed by atoms with Crippen LogP contribution in [0.4, 0.5) is 9.59 Å². The molecule has 0 bridgehead atoms. The number of aromatic nitrogens is 4. The molecule has 9 rings (SSSR count). The Morgan fingerprint density at radius 3 is 1.48 bits per heavy atom. The second kappa shape index (κ2) is 19.7. The van der Waals surface area contributed by atoms with Gasteiger partial charge in [-0.05, 0) is 123 Å². The van der Waals surface area contributed by atoms with Crippen LogP contribution < -0.4 is 10.6 Å². The number of hydrogen-bond acceptors (Lipinski definition) is 9. The normalized spacial score (nSPS) is 24.4. The molecule has 6 atom stereocenters. The molecule has 4 N–H and O–H groups in total. The summed E-state index contributed by atoms with van der Waals surface area (Å²) in [6.07, 6.45) is 8.58. The van der Waals surface area contributed by atoms with Crippen molar-refractivity contribution in [1.29, 1.82) is 0 Å². The number of alkyl carbamates (subject to hydrolysis) is 2. The predicted octanol–water partition coefficient (Wildman–Crippen LogP) is 9.13. The minimum Gasteiger partial charge on any atom is -0.453 e. The third-order valence-electron chi connectivity index (χ3n) is 15.1. The molecule has 15 heteroatoms. The van der Waals surface area contributed by atoms with Gasteiger partial charge in [0.25, 0.3) is 0 Å². The number of hydrogen-bond donors (Lipinski definition) is 4. The van der Waals surface area contributed by atoms with Gasteiger partial charge in [0, 0.05) is 31.2 Å². The molecule has 3 saturated heterocycles. The van der Waals surface area contributed by atoms with Gasteiger partial charge in [0.15, 0.2) is 0 Å². The number of rotatable bonds is 12. The van der Waals surface area contributed by atoms with Crippen molar-refractivity contribution in [3.05, 3.63) is 95.1 Å². The summed E-state index contributed by atoms with van der Waals surface area (Å²) < 4.78 is 9.69. The predicted molar refractivity (Wildman–Crippen MR) is 256 cm³/mol. The Morgan fingerprint density at radius 2 is 1.04 bits per heavy atom. The molecule has 4 aliphatic rings. The van der Waals surface area contributed by atoms with E-state index in [1.54, 1.807) is 0 Å². The summed E-state index contributed by atoms with van der Waals surface area (Å²) in [6, 6.07) is 23.2. The van der Waals surface area contributed by atoms with Crippen LogP contribution in [0.15, 0.2) is 66.7 Å². The fourth-order valence-corrected chi connectivity index (χ4v) is 11.7. The molecule has 0 unspecified atom stereocenters. The third kappa shape index (κ3) is 9.35. The zero-order valence-electron chi connectivity index (χ0n) is 39.8. The van der Waals surface area contributed by atoms with E-state index in [1.165, 1.54) is 30.9 Å². The van der Waals surface area contributed by atoms with E-state index in [1.807, 2.05) is 37.5 Å². The highest BCUT2D eigenvalue weighted by Gasteiger charge is 2.43. The number of likely N-dealkylation sites (tertiary alicyclic amines) is 3. The lowest BCUT2D eigenvalue weighted by atomic mass is 9.80. The van der Waals surface area contributed by atoms with E-state index in [-0.39, 0.29) is 47.8 Å². The molecule has 4 fully saturated rings. The van der Waals surface area contributed by atoms with Gasteiger partial charge in [-0.15, -0.1) is 0 Å². The standard InChI is InChI=1S/C52H67N9O6/c1-30(2)45(57-51(64)66-5)49(62)59-26-10-14-43(59)47-53-37-22-18-34(28-39(37)55-47)41-24-25-42(61(41)36-20-16-33(17-21-36)32-12-8-7-9-13-32)35-19-23-38-40(29-35)56-48(54-38)44-15-11-27-60(44)50(63)46(31(3)4)58-52(65)67-6/h7-9,12-13,18-19,22-23,28-31,33,36,41-46H,10-11,14-17,20-21,24-27H2,1-6H3,(H,53,55)(H,54,56)(H,57,64)(H,58,65)/t33?,36?,41-,42-,43+,44+,45+,46+/m1/s1. The van der Waals surface area contributed by atoms with Crippen LogP contribution in [0.5, 0.6) is 0 Å². The van der Waals surface area contributed by atoms with Crippen molar-refractivity contribution in [2.75, 3.05) is 27.3 Å². The van der Waals surface area contributed by atoms with E-state index in [4.69, 9.17) is 19.4 Å². The maximum atomic E-state index is 13.9. The summed E-state index contributed by atoms with van der Waals surface area (Å²) in [5.41, 5.74) is 7.62. The molecule has 0 spiro atoms. The van der Waals surface area contributed by atoms with Crippen LogP contribution in [0.1, 0.15) is 150 Å². The largest absolute Gasteiger partial charge is 0.453 e. The minimum absolute atomic E-state index is 0.112. The monoisotopic (exact) mass is 914 g/mol. The zero-order valence-corrected chi connectivity index (χ0v) is 39.8. The first kappa shape index (κ1) is 46.2. The fourth-order valence-electron chi connectivity index (χ4n) is 11.7. The SMILES string of the molecule is COC(=O)N[C@H](C(=O)N1CCC[C@H]1c1nc2ccc([C@H]3CC[C@H](c4ccc5nc([C@@H]6CCCN6C(=O)[C@@H](NC(=O)OC)C(C)C)[nH]c5c4)N3C3CCC(c4ccccc4)CC3)cc2[nH]1)C(C)C. The lowest BCUT2D eigenvalue weighted by Crippen LogP contribution is -2.51. The number of ether oxygens (including phenoxy) is 2. The lowest BCUT2D eigenvalue weighted by molar-refractivity contribution is -0.136. The van der Waals surface area contributed by atoms with E-state index >= 15 is 0 Å². The van der Waals surface area contributed by atoms with E-state index in [2.05, 4.69) is 92.2 Å². The van der Waals surface area contributed by atoms with Gasteiger partial charge in [0.05, 0.1) is 48.4 Å². The van der Waals surface area contributed by atoms with Crippen LogP contribution in [0.3, 0.4) is 0 Å².